The molecule has 0 bridgehead atoms. The molecule has 7 heteroatoms. The van der Waals surface area contributed by atoms with Crippen LogP contribution in [0.15, 0.2) is 48.5 Å². The van der Waals surface area contributed by atoms with Gasteiger partial charge >= 0.3 is 0 Å². The van der Waals surface area contributed by atoms with E-state index in [1.807, 2.05) is 44.2 Å². The summed E-state index contributed by atoms with van der Waals surface area (Å²) < 4.78 is 27.7. The molecule has 2 aliphatic rings. The van der Waals surface area contributed by atoms with Crippen LogP contribution >= 0.6 is 12.4 Å². The number of carbonyl (C=O) groups is 1. The molecule has 2 aliphatic heterocycles. The Morgan fingerprint density at radius 1 is 1.06 bits per heavy atom. The summed E-state index contributed by atoms with van der Waals surface area (Å²) in [6.07, 6.45) is 0. The molecule has 2 aromatic carbocycles. The zero-order valence-electron chi connectivity index (χ0n) is 17.7. The Bertz CT molecular complexity index is 915. The molecule has 1 amide bonds. The lowest BCUT2D eigenvalue weighted by molar-refractivity contribution is -0.152. The average Bonchev–Trinajstić information content (AvgIpc) is 3.21. The Hall–Kier alpha value is -2.02. The van der Waals surface area contributed by atoms with E-state index in [1.165, 1.54) is 12.1 Å². The SMILES string of the molecule is C[C@@H]1CN(C(=O)[C@@H]2CNC[C@H]2c2ccc(F)cc2F)C[C@H](C)C1(O)c1ccccc1.Cl. The van der Waals surface area contributed by atoms with E-state index in [-0.39, 0.29) is 36.1 Å². The van der Waals surface area contributed by atoms with Crippen molar-refractivity contribution in [2.75, 3.05) is 26.2 Å². The molecule has 31 heavy (non-hydrogen) atoms. The van der Waals surface area contributed by atoms with Gasteiger partial charge in [-0.2, -0.15) is 0 Å². The first kappa shape index (κ1) is 23.6. The van der Waals surface area contributed by atoms with Gasteiger partial charge in [0.15, 0.2) is 0 Å². The number of rotatable bonds is 3. The topological polar surface area (TPSA) is 52.6 Å². The standard InChI is InChI=1S/C24H28F2N2O2.ClH/c1-15-13-28(14-16(2)24(15,30)17-6-4-3-5-7-17)23(29)21-12-27-11-20(21)19-9-8-18(25)10-22(19)26;/h3-10,15-16,20-21,27,30H,11-14H2,1-2H3;1H/t15-,16+,20-,21+,24?;/m0./s1. The number of piperidine rings is 1. The Balaban J connectivity index is 0.00000272. The van der Waals surface area contributed by atoms with Gasteiger partial charge in [-0.25, -0.2) is 8.78 Å². The van der Waals surface area contributed by atoms with Gasteiger partial charge in [0.1, 0.15) is 11.6 Å². The minimum absolute atomic E-state index is 0. The van der Waals surface area contributed by atoms with E-state index in [0.29, 0.717) is 31.7 Å². The molecule has 0 radical (unpaired) electrons. The predicted octanol–water partition coefficient (Wildman–Crippen LogP) is 3.69. The van der Waals surface area contributed by atoms with Crippen LogP contribution in [0.3, 0.4) is 0 Å². The molecule has 2 heterocycles. The summed E-state index contributed by atoms with van der Waals surface area (Å²) in [6.45, 7) is 5.74. The molecule has 0 saturated carbocycles. The van der Waals surface area contributed by atoms with E-state index < -0.39 is 23.2 Å². The zero-order chi connectivity index (χ0) is 21.5. The molecular weight excluding hydrogens is 422 g/mol. The number of aliphatic hydroxyl groups is 1. The third kappa shape index (κ3) is 4.21. The van der Waals surface area contributed by atoms with Crippen LogP contribution in [0, 0.1) is 29.4 Å². The smallest absolute Gasteiger partial charge is 0.227 e. The van der Waals surface area contributed by atoms with E-state index in [2.05, 4.69) is 5.32 Å². The number of halogens is 3. The van der Waals surface area contributed by atoms with Gasteiger partial charge in [-0.15, -0.1) is 12.4 Å². The van der Waals surface area contributed by atoms with Crippen LogP contribution in [0.2, 0.25) is 0 Å². The average molecular weight is 451 g/mol. The van der Waals surface area contributed by atoms with Gasteiger partial charge in [0, 0.05) is 50.0 Å². The van der Waals surface area contributed by atoms with E-state index in [0.717, 1.165) is 11.6 Å². The summed E-state index contributed by atoms with van der Waals surface area (Å²) in [5.41, 5.74) is 0.235. The van der Waals surface area contributed by atoms with Crippen molar-refractivity contribution in [3.63, 3.8) is 0 Å². The molecule has 2 aromatic rings. The van der Waals surface area contributed by atoms with Crippen molar-refractivity contribution in [1.29, 1.82) is 0 Å². The Morgan fingerprint density at radius 2 is 1.71 bits per heavy atom. The van der Waals surface area contributed by atoms with Crippen LogP contribution in [0.4, 0.5) is 8.78 Å². The van der Waals surface area contributed by atoms with Crippen molar-refractivity contribution in [2.24, 2.45) is 17.8 Å². The van der Waals surface area contributed by atoms with Crippen LogP contribution in [-0.4, -0.2) is 42.1 Å². The number of likely N-dealkylation sites (tertiary alicyclic amines) is 1. The molecular formula is C24H29ClF2N2O2. The number of nitrogens with zero attached hydrogens (tertiary/aromatic N) is 1. The molecule has 4 rings (SSSR count). The van der Waals surface area contributed by atoms with E-state index in [9.17, 15) is 18.7 Å². The highest BCUT2D eigenvalue weighted by atomic mass is 35.5. The highest BCUT2D eigenvalue weighted by molar-refractivity contribution is 5.85. The van der Waals surface area contributed by atoms with E-state index in [1.54, 1.807) is 4.90 Å². The summed E-state index contributed by atoms with van der Waals surface area (Å²) in [6, 6.07) is 13.2. The number of hydrogen-bond donors (Lipinski definition) is 2. The maximum atomic E-state index is 14.4. The lowest BCUT2D eigenvalue weighted by Gasteiger charge is -2.48. The minimum Gasteiger partial charge on any atom is -0.384 e. The zero-order valence-corrected chi connectivity index (χ0v) is 18.5. The van der Waals surface area contributed by atoms with Crippen molar-refractivity contribution in [1.82, 2.24) is 10.2 Å². The molecule has 0 spiro atoms. The normalized spacial score (nSPS) is 30.7. The fourth-order valence-electron chi connectivity index (χ4n) is 5.26. The fraction of sp³-hybridized carbons (Fsp3) is 0.458. The first-order valence-electron chi connectivity index (χ1n) is 10.5. The third-order valence-electron chi connectivity index (χ3n) is 6.93. The Labute approximate surface area is 188 Å². The van der Waals surface area contributed by atoms with Crippen molar-refractivity contribution in [2.45, 2.75) is 25.4 Å². The van der Waals surface area contributed by atoms with E-state index >= 15 is 0 Å². The van der Waals surface area contributed by atoms with Gasteiger partial charge in [0.2, 0.25) is 5.91 Å². The van der Waals surface area contributed by atoms with Gasteiger partial charge in [-0.3, -0.25) is 4.79 Å². The first-order valence-corrected chi connectivity index (χ1v) is 10.5. The molecule has 1 unspecified atom stereocenters. The fourth-order valence-corrected chi connectivity index (χ4v) is 5.26. The quantitative estimate of drug-likeness (QED) is 0.749. The Morgan fingerprint density at radius 3 is 2.32 bits per heavy atom. The Kier molecular flexibility index (Phi) is 7.04. The summed E-state index contributed by atoms with van der Waals surface area (Å²) >= 11 is 0. The van der Waals surface area contributed by atoms with Crippen LogP contribution in [0.25, 0.3) is 0 Å². The van der Waals surface area contributed by atoms with Gasteiger partial charge in [-0.1, -0.05) is 50.2 Å². The van der Waals surface area contributed by atoms with Gasteiger partial charge in [-0.05, 0) is 17.2 Å². The summed E-state index contributed by atoms with van der Waals surface area (Å²) in [5.74, 6) is -2.32. The predicted molar refractivity (Wildman–Crippen MR) is 118 cm³/mol. The number of nitrogens with one attached hydrogen (secondary N) is 1. The van der Waals surface area contributed by atoms with Gasteiger partial charge in [0.05, 0.1) is 11.5 Å². The highest BCUT2D eigenvalue weighted by Gasteiger charge is 2.48. The maximum Gasteiger partial charge on any atom is 0.227 e. The van der Waals surface area contributed by atoms with Crippen LogP contribution in [-0.2, 0) is 10.4 Å². The van der Waals surface area contributed by atoms with Crippen molar-refractivity contribution in [3.05, 3.63) is 71.3 Å². The summed E-state index contributed by atoms with van der Waals surface area (Å²) in [7, 11) is 0. The molecule has 2 N–H and O–H groups in total. The summed E-state index contributed by atoms with van der Waals surface area (Å²) in [5, 5.41) is 14.7. The maximum absolute atomic E-state index is 14.4. The number of carbonyl (C=O) groups excluding carboxylic acids is 1. The second-order valence-electron chi connectivity index (χ2n) is 8.77. The third-order valence-corrected chi connectivity index (χ3v) is 6.93. The monoisotopic (exact) mass is 450 g/mol. The molecule has 0 aliphatic carbocycles. The first-order chi connectivity index (χ1) is 14.3. The summed E-state index contributed by atoms with van der Waals surface area (Å²) in [4.78, 5) is 15.2. The molecule has 4 nitrogen and oxygen atoms in total. The molecule has 0 aromatic heterocycles. The van der Waals surface area contributed by atoms with Crippen molar-refractivity contribution < 1.29 is 18.7 Å². The largest absolute Gasteiger partial charge is 0.384 e. The molecule has 2 saturated heterocycles. The van der Waals surface area contributed by atoms with Crippen LogP contribution < -0.4 is 5.32 Å². The van der Waals surface area contributed by atoms with Gasteiger partial charge < -0.3 is 15.3 Å². The highest BCUT2D eigenvalue weighted by Crippen LogP contribution is 2.42. The second-order valence-corrected chi connectivity index (χ2v) is 8.77. The lowest BCUT2D eigenvalue weighted by atomic mass is 9.70. The molecule has 2 fully saturated rings. The van der Waals surface area contributed by atoms with Gasteiger partial charge in [0.25, 0.3) is 0 Å². The number of amides is 1. The van der Waals surface area contributed by atoms with Crippen LogP contribution in [0.5, 0.6) is 0 Å². The molecule has 5 atom stereocenters. The lowest BCUT2D eigenvalue weighted by Crippen LogP contribution is -2.57. The number of benzene rings is 2. The van der Waals surface area contributed by atoms with Crippen molar-refractivity contribution >= 4 is 18.3 Å². The van der Waals surface area contributed by atoms with Crippen LogP contribution in [0.1, 0.15) is 30.9 Å². The minimum atomic E-state index is -1.01. The second kappa shape index (κ2) is 9.23. The van der Waals surface area contributed by atoms with E-state index in [4.69, 9.17) is 0 Å². The molecule has 168 valence electrons. The van der Waals surface area contributed by atoms with Crippen molar-refractivity contribution in [3.8, 4) is 0 Å². The number of hydrogen-bond acceptors (Lipinski definition) is 3.